The molecule has 18 heavy (non-hydrogen) atoms. The van der Waals surface area contributed by atoms with E-state index >= 15 is 0 Å². The van der Waals surface area contributed by atoms with Gasteiger partial charge in [0.1, 0.15) is 0 Å². The molecule has 1 aliphatic heterocycles. The molecule has 1 aromatic carbocycles. The largest absolute Gasteiger partial charge is 0.399 e. The Morgan fingerprint density at radius 1 is 1.44 bits per heavy atom. The molecular weight excluding hydrogens is 248 g/mol. The Hall–Kier alpha value is -0.770. The van der Waals surface area contributed by atoms with Gasteiger partial charge in [-0.15, -0.1) is 12.4 Å². The van der Waals surface area contributed by atoms with E-state index < -0.39 is 0 Å². The molecule has 0 saturated carbocycles. The lowest BCUT2D eigenvalue weighted by Crippen LogP contribution is -2.47. The molecule has 4 heteroatoms. The molecule has 0 amide bonds. The summed E-state index contributed by atoms with van der Waals surface area (Å²) in [5, 5.41) is 0. The summed E-state index contributed by atoms with van der Waals surface area (Å²) in [6, 6.07) is 8.70. The summed E-state index contributed by atoms with van der Waals surface area (Å²) in [4.78, 5) is 2.50. The Bertz CT molecular complexity index is 373. The second kappa shape index (κ2) is 6.98. The van der Waals surface area contributed by atoms with Crippen LogP contribution in [-0.2, 0) is 11.3 Å². The molecular formula is C14H23ClN2O. The Morgan fingerprint density at radius 3 is 2.89 bits per heavy atom. The highest BCUT2D eigenvalue weighted by Gasteiger charge is 2.25. The standard InChI is InChI=1S/C14H22N2O.ClH/c1-3-14-10-17-11(2)8-16(14)9-12-5-4-6-13(15)7-12;/h4-7,11,14H,3,8-10,15H2,1-2H3;1H. The summed E-state index contributed by atoms with van der Waals surface area (Å²) >= 11 is 0. The van der Waals surface area contributed by atoms with Crippen LogP contribution in [-0.4, -0.2) is 30.2 Å². The molecule has 1 aromatic rings. The van der Waals surface area contributed by atoms with Crippen LogP contribution >= 0.6 is 12.4 Å². The summed E-state index contributed by atoms with van der Waals surface area (Å²) in [7, 11) is 0. The predicted octanol–water partition coefficient (Wildman–Crippen LogP) is 2.69. The van der Waals surface area contributed by atoms with Crippen molar-refractivity contribution in [2.24, 2.45) is 0 Å². The van der Waals surface area contributed by atoms with Gasteiger partial charge in [-0.1, -0.05) is 19.1 Å². The van der Waals surface area contributed by atoms with Gasteiger partial charge in [-0.2, -0.15) is 0 Å². The second-order valence-electron chi connectivity index (χ2n) is 4.88. The van der Waals surface area contributed by atoms with Gasteiger partial charge in [-0.05, 0) is 31.0 Å². The fourth-order valence-corrected chi connectivity index (χ4v) is 2.41. The molecule has 0 bridgehead atoms. The maximum Gasteiger partial charge on any atom is 0.0674 e. The highest BCUT2D eigenvalue weighted by molar-refractivity contribution is 5.85. The van der Waals surface area contributed by atoms with Crippen molar-refractivity contribution in [1.82, 2.24) is 4.90 Å². The molecule has 0 aliphatic carbocycles. The first-order valence-electron chi connectivity index (χ1n) is 6.39. The first-order chi connectivity index (χ1) is 8.19. The second-order valence-corrected chi connectivity index (χ2v) is 4.88. The number of morpholine rings is 1. The molecule has 1 fully saturated rings. The Labute approximate surface area is 116 Å². The Morgan fingerprint density at radius 2 is 2.22 bits per heavy atom. The van der Waals surface area contributed by atoms with E-state index in [0.717, 1.165) is 31.8 Å². The van der Waals surface area contributed by atoms with E-state index in [1.54, 1.807) is 0 Å². The van der Waals surface area contributed by atoms with E-state index in [2.05, 4.69) is 30.9 Å². The van der Waals surface area contributed by atoms with Crippen molar-refractivity contribution in [1.29, 1.82) is 0 Å². The number of benzene rings is 1. The smallest absolute Gasteiger partial charge is 0.0674 e. The number of nitrogens with zero attached hydrogens (tertiary/aromatic N) is 1. The molecule has 3 nitrogen and oxygen atoms in total. The number of ether oxygens (including phenoxy) is 1. The van der Waals surface area contributed by atoms with Crippen molar-refractivity contribution in [3.63, 3.8) is 0 Å². The zero-order chi connectivity index (χ0) is 12.3. The Kier molecular flexibility index (Phi) is 5.93. The monoisotopic (exact) mass is 270 g/mol. The van der Waals surface area contributed by atoms with E-state index in [-0.39, 0.29) is 12.4 Å². The fourth-order valence-electron chi connectivity index (χ4n) is 2.41. The van der Waals surface area contributed by atoms with Gasteiger partial charge in [0.15, 0.2) is 0 Å². The first kappa shape index (κ1) is 15.3. The average molecular weight is 271 g/mol. The fraction of sp³-hybridized carbons (Fsp3) is 0.571. The molecule has 1 saturated heterocycles. The molecule has 0 aromatic heterocycles. The van der Waals surface area contributed by atoms with Gasteiger partial charge >= 0.3 is 0 Å². The van der Waals surface area contributed by atoms with E-state index in [1.807, 2.05) is 12.1 Å². The van der Waals surface area contributed by atoms with Crippen LogP contribution in [0.4, 0.5) is 5.69 Å². The third-order valence-corrected chi connectivity index (χ3v) is 3.39. The maximum absolute atomic E-state index is 5.81. The van der Waals surface area contributed by atoms with Crippen LogP contribution in [0, 0.1) is 0 Å². The van der Waals surface area contributed by atoms with Crippen LogP contribution in [0.5, 0.6) is 0 Å². The quantitative estimate of drug-likeness (QED) is 0.859. The minimum Gasteiger partial charge on any atom is -0.399 e. The number of hydrogen-bond donors (Lipinski definition) is 1. The van der Waals surface area contributed by atoms with Crippen molar-refractivity contribution < 1.29 is 4.74 Å². The topological polar surface area (TPSA) is 38.5 Å². The number of nitrogen functional groups attached to an aromatic ring is 1. The predicted molar refractivity (Wildman–Crippen MR) is 78.0 cm³/mol. The van der Waals surface area contributed by atoms with Crippen molar-refractivity contribution >= 4 is 18.1 Å². The summed E-state index contributed by atoms with van der Waals surface area (Å²) in [5.41, 5.74) is 7.95. The molecule has 2 unspecified atom stereocenters. The summed E-state index contributed by atoms with van der Waals surface area (Å²) in [5.74, 6) is 0. The molecule has 102 valence electrons. The lowest BCUT2D eigenvalue weighted by atomic mass is 10.1. The normalized spacial score (nSPS) is 24.6. The zero-order valence-electron chi connectivity index (χ0n) is 11.1. The van der Waals surface area contributed by atoms with Gasteiger partial charge in [0, 0.05) is 24.8 Å². The SMILES string of the molecule is CCC1COC(C)CN1Cc1cccc(N)c1.Cl. The number of halogens is 1. The van der Waals surface area contributed by atoms with Gasteiger partial charge in [0.25, 0.3) is 0 Å². The van der Waals surface area contributed by atoms with E-state index in [9.17, 15) is 0 Å². The molecule has 2 N–H and O–H groups in total. The van der Waals surface area contributed by atoms with E-state index in [4.69, 9.17) is 10.5 Å². The van der Waals surface area contributed by atoms with Gasteiger partial charge < -0.3 is 10.5 Å². The number of rotatable bonds is 3. The zero-order valence-corrected chi connectivity index (χ0v) is 12.0. The van der Waals surface area contributed by atoms with Crippen molar-refractivity contribution in [3.8, 4) is 0 Å². The molecule has 1 heterocycles. The van der Waals surface area contributed by atoms with E-state index in [1.165, 1.54) is 5.56 Å². The average Bonchev–Trinajstić information content (AvgIpc) is 2.29. The van der Waals surface area contributed by atoms with Crippen LogP contribution in [0.25, 0.3) is 0 Å². The third kappa shape index (κ3) is 3.87. The summed E-state index contributed by atoms with van der Waals surface area (Å²) in [6.07, 6.45) is 1.47. The van der Waals surface area contributed by atoms with E-state index in [0.29, 0.717) is 12.1 Å². The van der Waals surface area contributed by atoms with Crippen LogP contribution in [0.15, 0.2) is 24.3 Å². The first-order valence-corrected chi connectivity index (χ1v) is 6.39. The highest BCUT2D eigenvalue weighted by Crippen LogP contribution is 2.18. The number of anilines is 1. The number of hydrogen-bond acceptors (Lipinski definition) is 3. The van der Waals surface area contributed by atoms with Crippen molar-refractivity contribution in [2.45, 2.75) is 39.0 Å². The van der Waals surface area contributed by atoms with Gasteiger partial charge in [0.2, 0.25) is 0 Å². The highest BCUT2D eigenvalue weighted by atomic mass is 35.5. The van der Waals surface area contributed by atoms with Gasteiger partial charge in [-0.3, -0.25) is 4.90 Å². The van der Waals surface area contributed by atoms with Crippen LogP contribution in [0.3, 0.4) is 0 Å². The van der Waals surface area contributed by atoms with Crippen molar-refractivity contribution in [2.75, 3.05) is 18.9 Å². The minimum atomic E-state index is 0. The van der Waals surface area contributed by atoms with Gasteiger partial charge in [-0.25, -0.2) is 0 Å². The summed E-state index contributed by atoms with van der Waals surface area (Å²) < 4.78 is 5.71. The molecule has 1 aliphatic rings. The molecule has 0 spiro atoms. The maximum atomic E-state index is 5.81. The Balaban J connectivity index is 0.00000162. The van der Waals surface area contributed by atoms with Crippen molar-refractivity contribution in [3.05, 3.63) is 29.8 Å². The lowest BCUT2D eigenvalue weighted by Gasteiger charge is -2.38. The summed E-state index contributed by atoms with van der Waals surface area (Å²) in [6.45, 7) is 7.18. The lowest BCUT2D eigenvalue weighted by molar-refractivity contribution is -0.0591. The van der Waals surface area contributed by atoms with Crippen LogP contribution in [0.2, 0.25) is 0 Å². The van der Waals surface area contributed by atoms with Gasteiger partial charge in [0.05, 0.1) is 12.7 Å². The molecule has 2 atom stereocenters. The number of nitrogens with two attached hydrogens (primary N) is 1. The van der Waals surface area contributed by atoms with Crippen LogP contribution in [0.1, 0.15) is 25.8 Å². The van der Waals surface area contributed by atoms with Crippen LogP contribution < -0.4 is 5.73 Å². The molecule has 0 radical (unpaired) electrons. The third-order valence-electron chi connectivity index (χ3n) is 3.39. The minimum absolute atomic E-state index is 0. The molecule has 2 rings (SSSR count).